The summed E-state index contributed by atoms with van der Waals surface area (Å²) in [4.78, 5) is 11.4. The van der Waals surface area contributed by atoms with E-state index in [4.69, 9.17) is 5.73 Å². The highest BCUT2D eigenvalue weighted by molar-refractivity contribution is 6.00. The van der Waals surface area contributed by atoms with Crippen LogP contribution in [0.15, 0.2) is 18.2 Å². The van der Waals surface area contributed by atoms with Gasteiger partial charge in [0.2, 0.25) is 0 Å². The van der Waals surface area contributed by atoms with Gasteiger partial charge in [-0.25, -0.2) is 0 Å². The Balaban J connectivity index is 3.23. The molecular formula is C12H17NO2. The quantitative estimate of drug-likeness (QED) is 0.727. The molecule has 3 N–H and O–H groups in total. The van der Waals surface area contributed by atoms with Crippen molar-refractivity contribution in [1.82, 2.24) is 0 Å². The fourth-order valence-corrected chi connectivity index (χ4v) is 1.34. The standard InChI is InChI=1S/C12H17NO2/c1-12(2,3)8-4-5-10(14)9(6-8)11(15)7-13/h4-6,14H,7,13H2,1-3H3. The van der Waals surface area contributed by atoms with Gasteiger partial charge in [0.25, 0.3) is 0 Å². The highest BCUT2D eigenvalue weighted by Gasteiger charge is 2.17. The van der Waals surface area contributed by atoms with Crippen molar-refractivity contribution in [3.8, 4) is 5.75 Å². The maximum Gasteiger partial charge on any atom is 0.180 e. The second kappa shape index (κ2) is 4.03. The summed E-state index contributed by atoms with van der Waals surface area (Å²) in [6, 6.07) is 5.08. The summed E-state index contributed by atoms with van der Waals surface area (Å²) in [6.07, 6.45) is 0. The number of phenolic OH excluding ortho intramolecular Hbond substituents is 1. The molecule has 0 fully saturated rings. The molecular weight excluding hydrogens is 190 g/mol. The predicted molar refractivity (Wildman–Crippen MR) is 60.2 cm³/mol. The lowest BCUT2D eigenvalue weighted by Crippen LogP contribution is -2.16. The molecule has 0 atom stereocenters. The van der Waals surface area contributed by atoms with E-state index in [0.29, 0.717) is 5.56 Å². The molecule has 0 saturated heterocycles. The number of hydrogen-bond acceptors (Lipinski definition) is 3. The summed E-state index contributed by atoms with van der Waals surface area (Å²) in [5, 5.41) is 9.53. The molecule has 1 aromatic rings. The minimum atomic E-state index is -0.237. The maximum atomic E-state index is 11.4. The van der Waals surface area contributed by atoms with Crippen LogP contribution in [0.25, 0.3) is 0 Å². The molecule has 0 unspecified atom stereocenters. The Hall–Kier alpha value is -1.35. The van der Waals surface area contributed by atoms with Crippen molar-refractivity contribution in [3.63, 3.8) is 0 Å². The molecule has 0 amide bonds. The summed E-state index contributed by atoms with van der Waals surface area (Å²) in [6.45, 7) is 6.07. The summed E-state index contributed by atoms with van der Waals surface area (Å²) < 4.78 is 0. The monoisotopic (exact) mass is 207 g/mol. The molecule has 0 aliphatic heterocycles. The summed E-state index contributed by atoms with van der Waals surface area (Å²) >= 11 is 0. The van der Waals surface area contributed by atoms with Gasteiger partial charge in [-0.05, 0) is 23.1 Å². The predicted octanol–water partition coefficient (Wildman–Crippen LogP) is 1.83. The number of nitrogens with two attached hydrogens (primary N) is 1. The third kappa shape index (κ3) is 2.57. The van der Waals surface area contributed by atoms with E-state index in [1.54, 1.807) is 12.1 Å². The lowest BCUT2D eigenvalue weighted by Gasteiger charge is -2.19. The van der Waals surface area contributed by atoms with E-state index in [-0.39, 0.29) is 23.5 Å². The Bertz CT molecular complexity index is 378. The molecule has 0 spiro atoms. The Kier molecular flexibility index (Phi) is 3.15. The van der Waals surface area contributed by atoms with Crippen LogP contribution in [-0.2, 0) is 5.41 Å². The SMILES string of the molecule is CC(C)(C)c1ccc(O)c(C(=O)CN)c1. The first-order valence-electron chi connectivity index (χ1n) is 4.93. The first kappa shape index (κ1) is 11.7. The number of rotatable bonds is 2. The van der Waals surface area contributed by atoms with Gasteiger partial charge in [0, 0.05) is 0 Å². The molecule has 82 valence electrons. The lowest BCUT2D eigenvalue weighted by molar-refractivity contribution is 0.0998. The van der Waals surface area contributed by atoms with Crippen molar-refractivity contribution in [3.05, 3.63) is 29.3 Å². The highest BCUT2D eigenvalue weighted by Crippen LogP contribution is 2.27. The van der Waals surface area contributed by atoms with Crippen LogP contribution in [0.5, 0.6) is 5.75 Å². The zero-order valence-electron chi connectivity index (χ0n) is 9.37. The average Bonchev–Trinajstić information content (AvgIpc) is 2.15. The Morgan fingerprint density at radius 2 is 2.00 bits per heavy atom. The topological polar surface area (TPSA) is 63.3 Å². The molecule has 3 heteroatoms. The molecule has 0 aliphatic carbocycles. The van der Waals surface area contributed by atoms with Crippen molar-refractivity contribution in [2.75, 3.05) is 6.54 Å². The second-order valence-corrected chi connectivity index (χ2v) is 4.61. The molecule has 1 rings (SSSR count). The smallest absolute Gasteiger partial charge is 0.180 e. The van der Waals surface area contributed by atoms with Crippen molar-refractivity contribution in [2.45, 2.75) is 26.2 Å². The van der Waals surface area contributed by atoms with Gasteiger partial charge in [-0.15, -0.1) is 0 Å². The maximum absolute atomic E-state index is 11.4. The van der Waals surface area contributed by atoms with Crippen molar-refractivity contribution in [2.24, 2.45) is 5.73 Å². The summed E-state index contributed by atoms with van der Waals surface area (Å²) in [7, 11) is 0. The fourth-order valence-electron chi connectivity index (χ4n) is 1.34. The van der Waals surface area contributed by atoms with Gasteiger partial charge in [-0.1, -0.05) is 26.8 Å². The molecule has 0 heterocycles. The van der Waals surface area contributed by atoms with Crippen molar-refractivity contribution >= 4 is 5.78 Å². The number of aromatic hydroxyl groups is 1. The van der Waals surface area contributed by atoms with Crippen molar-refractivity contribution in [1.29, 1.82) is 0 Å². The highest BCUT2D eigenvalue weighted by atomic mass is 16.3. The zero-order chi connectivity index (χ0) is 11.6. The van der Waals surface area contributed by atoms with Gasteiger partial charge < -0.3 is 10.8 Å². The van der Waals surface area contributed by atoms with Gasteiger partial charge >= 0.3 is 0 Å². The number of carbonyl (C=O) groups excluding carboxylic acids is 1. The van der Waals surface area contributed by atoms with Crippen LogP contribution in [0.1, 0.15) is 36.7 Å². The third-order valence-corrected chi connectivity index (χ3v) is 2.35. The summed E-state index contributed by atoms with van der Waals surface area (Å²) in [5.74, 6) is -0.239. The molecule has 15 heavy (non-hydrogen) atoms. The molecule has 0 aliphatic rings. The van der Waals surface area contributed by atoms with Crippen LogP contribution in [0.2, 0.25) is 0 Å². The fraction of sp³-hybridized carbons (Fsp3) is 0.417. The number of benzene rings is 1. The summed E-state index contributed by atoms with van der Waals surface area (Å²) in [5.41, 5.74) is 6.55. The van der Waals surface area contributed by atoms with Gasteiger partial charge in [0.15, 0.2) is 5.78 Å². The molecule has 1 aromatic carbocycles. The van der Waals surface area contributed by atoms with Crippen LogP contribution < -0.4 is 5.73 Å². The Morgan fingerprint density at radius 3 is 2.47 bits per heavy atom. The number of phenols is 1. The minimum absolute atomic E-state index is 0.00144. The molecule has 0 radical (unpaired) electrons. The number of hydrogen-bond donors (Lipinski definition) is 2. The van der Waals surface area contributed by atoms with Gasteiger partial charge in [0.05, 0.1) is 12.1 Å². The van der Waals surface area contributed by atoms with Gasteiger partial charge in [-0.3, -0.25) is 4.79 Å². The van der Waals surface area contributed by atoms with E-state index < -0.39 is 0 Å². The van der Waals surface area contributed by atoms with Crippen LogP contribution in [-0.4, -0.2) is 17.4 Å². The van der Waals surface area contributed by atoms with E-state index in [1.165, 1.54) is 0 Å². The van der Waals surface area contributed by atoms with E-state index in [0.717, 1.165) is 5.56 Å². The van der Waals surface area contributed by atoms with E-state index in [1.807, 2.05) is 6.07 Å². The van der Waals surface area contributed by atoms with Crippen LogP contribution >= 0.6 is 0 Å². The number of carbonyl (C=O) groups is 1. The minimum Gasteiger partial charge on any atom is -0.507 e. The number of ketones is 1. The van der Waals surface area contributed by atoms with Gasteiger partial charge in [-0.2, -0.15) is 0 Å². The Labute approximate surface area is 89.9 Å². The third-order valence-electron chi connectivity index (χ3n) is 2.35. The molecule has 0 bridgehead atoms. The van der Waals surface area contributed by atoms with E-state index >= 15 is 0 Å². The second-order valence-electron chi connectivity index (χ2n) is 4.61. The lowest BCUT2D eigenvalue weighted by atomic mass is 9.85. The first-order valence-corrected chi connectivity index (χ1v) is 4.93. The molecule has 0 saturated carbocycles. The van der Waals surface area contributed by atoms with E-state index in [9.17, 15) is 9.90 Å². The molecule has 3 nitrogen and oxygen atoms in total. The van der Waals surface area contributed by atoms with Crippen LogP contribution in [0, 0.1) is 0 Å². The van der Waals surface area contributed by atoms with Gasteiger partial charge in [0.1, 0.15) is 5.75 Å². The average molecular weight is 207 g/mol. The zero-order valence-corrected chi connectivity index (χ0v) is 9.37. The van der Waals surface area contributed by atoms with Crippen molar-refractivity contribution < 1.29 is 9.90 Å². The normalized spacial score (nSPS) is 11.5. The van der Waals surface area contributed by atoms with Crippen LogP contribution in [0.3, 0.4) is 0 Å². The number of Topliss-reactive ketones (excluding diaryl/α,β-unsaturated/α-hetero) is 1. The molecule has 0 aromatic heterocycles. The van der Waals surface area contributed by atoms with Crippen LogP contribution in [0.4, 0.5) is 0 Å². The first-order chi connectivity index (χ1) is 6.86. The largest absolute Gasteiger partial charge is 0.507 e. The van der Waals surface area contributed by atoms with E-state index in [2.05, 4.69) is 20.8 Å². The Morgan fingerprint density at radius 1 is 1.40 bits per heavy atom.